The molecule has 1 aromatic heterocycles. The zero-order valence-electron chi connectivity index (χ0n) is 15.7. The molecule has 2 aromatic rings. The van der Waals surface area contributed by atoms with Crippen molar-refractivity contribution in [3.8, 4) is 5.75 Å². The number of amides is 1. The van der Waals surface area contributed by atoms with Gasteiger partial charge in [-0.25, -0.2) is 13.9 Å². The molecule has 1 aliphatic rings. The number of benzene rings is 1. The number of hydroxylamine groups is 1. The highest BCUT2D eigenvalue weighted by Gasteiger charge is 2.49. The first-order chi connectivity index (χ1) is 13.8. The summed E-state index contributed by atoms with van der Waals surface area (Å²) in [6.45, 7) is 1.59. The fourth-order valence-corrected chi connectivity index (χ4v) is 5.03. The third-order valence-corrected chi connectivity index (χ3v) is 6.61. The number of nitrogens with one attached hydrogen (secondary N) is 1. The van der Waals surface area contributed by atoms with E-state index in [1.54, 1.807) is 18.6 Å². The first-order valence-corrected chi connectivity index (χ1v) is 10.4. The van der Waals surface area contributed by atoms with Crippen LogP contribution in [0.15, 0.2) is 47.8 Å². The minimum Gasteiger partial charge on any atom is -0.487 e. The molecule has 3 N–H and O–H groups in total. The Kier molecular flexibility index (Phi) is 6.13. The quantitative estimate of drug-likeness (QED) is 0.450. The second-order valence-electron chi connectivity index (χ2n) is 6.91. The van der Waals surface area contributed by atoms with Crippen molar-refractivity contribution in [3.05, 3.63) is 48.5 Å². The summed E-state index contributed by atoms with van der Waals surface area (Å²) < 4.78 is 32.7. The number of carbonyl (C=O) groups is 1. The predicted octanol–water partition coefficient (Wildman–Crippen LogP) is 0.465. The highest BCUT2D eigenvalue weighted by molar-refractivity contribution is 7.89. The van der Waals surface area contributed by atoms with Gasteiger partial charge in [0.1, 0.15) is 18.4 Å². The number of ether oxygens (including phenoxy) is 1. The van der Waals surface area contributed by atoms with E-state index in [9.17, 15) is 18.3 Å². The van der Waals surface area contributed by atoms with Crippen molar-refractivity contribution in [1.29, 1.82) is 0 Å². The SMILES string of the molecule is C[C@@]1(O)CCCN(S(=O)(=O)c2ccc(OCc3cnccn3)cc2)[C@H]1C(=O)NO. The highest BCUT2D eigenvalue weighted by Crippen LogP contribution is 2.32. The van der Waals surface area contributed by atoms with Gasteiger partial charge in [0, 0.05) is 18.9 Å². The summed E-state index contributed by atoms with van der Waals surface area (Å²) in [4.78, 5) is 20.1. The van der Waals surface area contributed by atoms with E-state index in [2.05, 4.69) is 9.97 Å². The fourth-order valence-electron chi connectivity index (χ4n) is 3.31. The number of piperidine rings is 1. The molecule has 10 nitrogen and oxygen atoms in total. The number of rotatable bonds is 6. The van der Waals surface area contributed by atoms with E-state index in [1.807, 2.05) is 0 Å². The molecule has 1 aromatic carbocycles. The van der Waals surface area contributed by atoms with E-state index in [-0.39, 0.29) is 24.5 Å². The second-order valence-corrected chi connectivity index (χ2v) is 8.80. The van der Waals surface area contributed by atoms with Crippen molar-refractivity contribution in [2.45, 2.75) is 42.9 Å². The second kappa shape index (κ2) is 8.41. The third-order valence-electron chi connectivity index (χ3n) is 4.73. The first-order valence-electron chi connectivity index (χ1n) is 8.91. The lowest BCUT2D eigenvalue weighted by atomic mass is 9.87. The van der Waals surface area contributed by atoms with Crippen molar-refractivity contribution in [2.24, 2.45) is 0 Å². The number of sulfonamides is 1. The Morgan fingerprint density at radius 1 is 1.34 bits per heavy atom. The molecule has 0 unspecified atom stereocenters. The van der Waals surface area contributed by atoms with Crippen LogP contribution in [0.25, 0.3) is 0 Å². The van der Waals surface area contributed by atoms with Crippen molar-refractivity contribution < 1.29 is 28.3 Å². The van der Waals surface area contributed by atoms with Gasteiger partial charge in [-0.2, -0.15) is 4.31 Å². The standard InChI is InChI=1S/C18H22N4O6S/c1-18(24)7-2-10-22(16(18)17(23)21-25)29(26,27)15-5-3-14(4-6-15)28-12-13-11-19-8-9-20-13/h3-6,8-9,11,16,24-25H,2,7,10,12H2,1H3,(H,21,23)/t16-,18+/m0/s1. The van der Waals surface area contributed by atoms with Gasteiger partial charge in [-0.05, 0) is 44.0 Å². The van der Waals surface area contributed by atoms with Crippen LogP contribution in [-0.2, 0) is 21.4 Å². The Morgan fingerprint density at radius 3 is 2.69 bits per heavy atom. The minimum absolute atomic E-state index is 0.0432. The smallest absolute Gasteiger partial charge is 0.264 e. The maximum absolute atomic E-state index is 13.1. The van der Waals surface area contributed by atoms with Crippen molar-refractivity contribution >= 4 is 15.9 Å². The fraction of sp³-hybridized carbons (Fsp3) is 0.389. The van der Waals surface area contributed by atoms with Gasteiger partial charge in [0.05, 0.1) is 22.4 Å². The topological polar surface area (TPSA) is 142 Å². The van der Waals surface area contributed by atoms with Gasteiger partial charge in [-0.15, -0.1) is 0 Å². The van der Waals surface area contributed by atoms with Crippen molar-refractivity contribution in [2.75, 3.05) is 6.54 Å². The van der Waals surface area contributed by atoms with E-state index < -0.39 is 27.6 Å². The lowest BCUT2D eigenvalue weighted by molar-refractivity contribution is -0.144. The number of hydrogen-bond donors (Lipinski definition) is 3. The van der Waals surface area contributed by atoms with Gasteiger partial charge in [0.15, 0.2) is 0 Å². The molecule has 1 amide bonds. The molecule has 0 saturated carbocycles. The third kappa shape index (κ3) is 4.53. The van der Waals surface area contributed by atoms with Crippen LogP contribution in [0.2, 0.25) is 0 Å². The van der Waals surface area contributed by atoms with Gasteiger partial charge >= 0.3 is 0 Å². The zero-order chi connectivity index (χ0) is 21.1. The molecule has 11 heteroatoms. The molecule has 1 aliphatic heterocycles. The highest BCUT2D eigenvalue weighted by atomic mass is 32.2. The molecule has 2 atom stereocenters. The molecule has 0 bridgehead atoms. The number of aromatic nitrogens is 2. The van der Waals surface area contributed by atoms with E-state index in [0.29, 0.717) is 17.9 Å². The van der Waals surface area contributed by atoms with E-state index in [1.165, 1.54) is 36.7 Å². The first kappa shape index (κ1) is 21.1. The van der Waals surface area contributed by atoms with Gasteiger partial charge < -0.3 is 9.84 Å². The van der Waals surface area contributed by atoms with Crippen molar-refractivity contribution in [3.63, 3.8) is 0 Å². The Bertz CT molecular complexity index is 950. The number of carbonyl (C=O) groups excluding carboxylic acids is 1. The van der Waals surface area contributed by atoms with E-state index >= 15 is 0 Å². The maximum Gasteiger partial charge on any atom is 0.264 e. The minimum atomic E-state index is -4.10. The molecule has 156 valence electrons. The molecule has 29 heavy (non-hydrogen) atoms. The van der Waals surface area contributed by atoms with Gasteiger partial charge in [-0.3, -0.25) is 20.0 Å². The summed E-state index contributed by atoms with van der Waals surface area (Å²) in [6.07, 6.45) is 5.26. The molecular weight excluding hydrogens is 400 g/mol. The Balaban J connectivity index is 1.80. The number of aliphatic hydroxyl groups is 1. The molecule has 0 aliphatic carbocycles. The Hall–Kier alpha value is -2.60. The van der Waals surface area contributed by atoms with E-state index in [0.717, 1.165) is 4.31 Å². The average molecular weight is 422 g/mol. The van der Waals surface area contributed by atoms with Crippen LogP contribution in [-0.4, -0.2) is 57.1 Å². The van der Waals surface area contributed by atoms with Crippen LogP contribution in [0.1, 0.15) is 25.5 Å². The lowest BCUT2D eigenvalue weighted by Gasteiger charge is -2.42. The molecule has 1 fully saturated rings. The maximum atomic E-state index is 13.1. The molecule has 0 radical (unpaired) electrons. The Morgan fingerprint density at radius 2 is 2.07 bits per heavy atom. The van der Waals surface area contributed by atoms with Gasteiger partial charge in [0.25, 0.3) is 5.91 Å². The van der Waals surface area contributed by atoms with Crippen LogP contribution < -0.4 is 10.2 Å². The largest absolute Gasteiger partial charge is 0.487 e. The summed E-state index contributed by atoms with van der Waals surface area (Å²) in [6, 6.07) is 4.26. The van der Waals surface area contributed by atoms with Crippen LogP contribution >= 0.6 is 0 Å². The summed E-state index contributed by atoms with van der Waals surface area (Å²) in [5, 5.41) is 19.5. The molecule has 3 rings (SSSR count). The molecular formula is C18H22N4O6S. The molecule has 0 spiro atoms. The zero-order valence-corrected chi connectivity index (χ0v) is 16.5. The normalized spacial score (nSPS) is 22.8. The lowest BCUT2D eigenvalue weighted by Crippen LogP contribution is -2.62. The van der Waals surface area contributed by atoms with Crippen LogP contribution in [0, 0.1) is 0 Å². The van der Waals surface area contributed by atoms with Crippen LogP contribution in [0.5, 0.6) is 5.75 Å². The summed E-state index contributed by atoms with van der Waals surface area (Å²) in [7, 11) is -4.10. The van der Waals surface area contributed by atoms with Gasteiger partial charge in [0.2, 0.25) is 10.0 Å². The molecule has 2 heterocycles. The number of hydrogen-bond acceptors (Lipinski definition) is 8. The number of nitrogens with zero attached hydrogens (tertiary/aromatic N) is 3. The van der Waals surface area contributed by atoms with Crippen molar-refractivity contribution in [1.82, 2.24) is 19.8 Å². The van der Waals surface area contributed by atoms with Gasteiger partial charge in [-0.1, -0.05) is 0 Å². The molecule has 1 saturated heterocycles. The monoisotopic (exact) mass is 422 g/mol. The van der Waals surface area contributed by atoms with Crippen LogP contribution in [0.3, 0.4) is 0 Å². The average Bonchev–Trinajstić information content (AvgIpc) is 2.72. The summed E-state index contributed by atoms with van der Waals surface area (Å²) in [5.74, 6) is -0.549. The Labute approximate surface area is 168 Å². The summed E-state index contributed by atoms with van der Waals surface area (Å²) >= 11 is 0. The predicted molar refractivity (Wildman–Crippen MR) is 100 cm³/mol. The summed E-state index contributed by atoms with van der Waals surface area (Å²) in [5.41, 5.74) is 0.459. The van der Waals surface area contributed by atoms with E-state index in [4.69, 9.17) is 9.94 Å². The van der Waals surface area contributed by atoms with Crippen LogP contribution in [0.4, 0.5) is 0 Å².